The topological polar surface area (TPSA) is 86.8 Å². The van der Waals surface area contributed by atoms with Crippen LogP contribution in [-0.4, -0.2) is 43.8 Å². The van der Waals surface area contributed by atoms with E-state index in [0.29, 0.717) is 11.3 Å². The van der Waals surface area contributed by atoms with Gasteiger partial charge in [-0.2, -0.15) is 0 Å². The highest BCUT2D eigenvalue weighted by Crippen LogP contribution is 2.25. The maximum atomic E-state index is 14.0. The molecule has 1 saturated carbocycles. The van der Waals surface area contributed by atoms with Crippen LogP contribution in [0.2, 0.25) is 0 Å². The number of carbonyl (C=O) groups excluding carboxylic acids is 2. The van der Waals surface area contributed by atoms with Crippen molar-refractivity contribution in [1.29, 1.82) is 0 Å². The second kappa shape index (κ2) is 13.8. The zero-order valence-electron chi connectivity index (χ0n) is 23.6. The molecule has 1 atom stereocenters. The highest BCUT2D eigenvalue weighted by molar-refractivity contribution is 7.92. The van der Waals surface area contributed by atoms with Gasteiger partial charge in [-0.3, -0.25) is 13.9 Å². The van der Waals surface area contributed by atoms with E-state index in [-0.39, 0.29) is 23.4 Å². The molecule has 7 nitrogen and oxygen atoms in total. The minimum Gasteiger partial charge on any atom is -0.352 e. The number of benzene rings is 3. The average Bonchev–Trinajstić information content (AvgIpc) is 3.00. The number of carbonyl (C=O) groups is 2. The van der Waals surface area contributed by atoms with Crippen molar-refractivity contribution in [3.63, 3.8) is 0 Å². The maximum absolute atomic E-state index is 14.0. The molecule has 0 heterocycles. The molecule has 0 spiro atoms. The Bertz CT molecular complexity index is 1410. The van der Waals surface area contributed by atoms with Gasteiger partial charge in [0, 0.05) is 12.6 Å². The third-order valence-corrected chi connectivity index (χ3v) is 9.42. The zero-order valence-corrected chi connectivity index (χ0v) is 24.4. The highest BCUT2D eigenvalue weighted by atomic mass is 32.2. The lowest BCUT2D eigenvalue weighted by molar-refractivity contribution is -0.139. The highest BCUT2D eigenvalue weighted by Gasteiger charge is 2.33. The van der Waals surface area contributed by atoms with Gasteiger partial charge in [0.1, 0.15) is 18.4 Å². The number of aryl methyl sites for hydroxylation is 1. The molecule has 0 saturated heterocycles. The summed E-state index contributed by atoms with van der Waals surface area (Å²) in [5, 5.41) is 3.08. The Morgan fingerprint density at radius 3 is 2.12 bits per heavy atom. The van der Waals surface area contributed by atoms with Crippen LogP contribution in [0.3, 0.4) is 0 Å². The lowest BCUT2D eigenvalue weighted by Crippen LogP contribution is -2.53. The van der Waals surface area contributed by atoms with Gasteiger partial charge < -0.3 is 10.2 Å². The molecule has 0 aromatic heterocycles. The number of halogens is 1. The van der Waals surface area contributed by atoms with Gasteiger partial charge in [0.2, 0.25) is 11.8 Å². The molecule has 218 valence electrons. The average molecular weight is 580 g/mol. The molecular formula is C32H38FN3O4S. The minimum atomic E-state index is -4.11. The number of anilines is 1. The summed E-state index contributed by atoms with van der Waals surface area (Å²) in [5.41, 5.74) is 2.00. The first kappa shape index (κ1) is 30.2. The van der Waals surface area contributed by atoms with E-state index in [4.69, 9.17) is 0 Å². The monoisotopic (exact) mass is 579 g/mol. The fourth-order valence-corrected chi connectivity index (χ4v) is 6.52. The van der Waals surface area contributed by atoms with Crippen LogP contribution in [0.25, 0.3) is 0 Å². The van der Waals surface area contributed by atoms with Crippen LogP contribution in [0, 0.1) is 5.82 Å². The van der Waals surface area contributed by atoms with Crippen molar-refractivity contribution in [2.75, 3.05) is 10.8 Å². The van der Waals surface area contributed by atoms with Gasteiger partial charge in [-0.1, -0.05) is 68.7 Å². The maximum Gasteiger partial charge on any atom is 0.264 e. The Balaban J connectivity index is 1.66. The number of nitrogens with one attached hydrogen (secondary N) is 1. The largest absolute Gasteiger partial charge is 0.352 e. The van der Waals surface area contributed by atoms with Crippen LogP contribution >= 0.6 is 0 Å². The number of amides is 2. The molecule has 1 aliphatic rings. The molecule has 1 N–H and O–H groups in total. The Hall–Kier alpha value is -3.72. The second-order valence-corrected chi connectivity index (χ2v) is 12.4. The normalized spacial score (nSPS) is 14.7. The van der Waals surface area contributed by atoms with E-state index < -0.39 is 34.3 Å². The predicted molar refractivity (Wildman–Crippen MR) is 158 cm³/mol. The summed E-state index contributed by atoms with van der Waals surface area (Å²) < 4.78 is 42.4. The summed E-state index contributed by atoms with van der Waals surface area (Å²) in [6.07, 6.45) is 5.79. The molecule has 1 fully saturated rings. The molecule has 9 heteroatoms. The first-order chi connectivity index (χ1) is 19.7. The molecule has 3 aromatic rings. The summed E-state index contributed by atoms with van der Waals surface area (Å²) in [5.74, 6) is -1.25. The first-order valence-electron chi connectivity index (χ1n) is 14.2. The van der Waals surface area contributed by atoms with Gasteiger partial charge in [-0.05, 0) is 73.7 Å². The van der Waals surface area contributed by atoms with Gasteiger partial charge >= 0.3 is 0 Å². The van der Waals surface area contributed by atoms with Crippen LogP contribution < -0.4 is 9.62 Å². The lowest BCUT2D eigenvalue weighted by atomic mass is 9.95. The molecule has 0 unspecified atom stereocenters. The van der Waals surface area contributed by atoms with Crippen molar-refractivity contribution in [3.8, 4) is 0 Å². The van der Waals surface area contributed by atoms with Crippen LogP contribution in [0.4, 0.5) is 10.1 Å². The predicted octanol–water partition coefficient (Wildman–Crippen LogP) is 5.45. The number of hydrogen-bond acceptors (Lipinski definition) is 4. The molecule has 41 heavy (non-hydrogen) atoms. The van der Waals surface area contributed by atoms with Crippen molar-refractivity contribution in [2.45, 2.75) is 75.9 Å². The van der Waals surface area contributed by atoms with E-state index in [1.54, 1.807) is 49.4 Å². The molecular weight excluding hydrogens is 541 g/mol. The SMILES string of the molecule is CCc1ccc(N(CC(=O)N(Cc2ccc(F)cc2)[C@H](C)C(=O)NC2CCCCC2)S(=O)(=O)c2ccccc2)cc1. The van der Waals surface area contributed by atoms with Crippen LogP contribution in [-0.2, 0) is 32.6 Å². The van der Waals surface area contributed by atoms with E-state index in [1.165, 1.54) is 29.2 Å². The second-order valence-electron chi connectivity index (χ2n) is 10.5. The van der Waals surface area contributed by atoms with Crippen molar-refractivity contribution in [3.05, 3.63) is 95.8 Å². The Morgan fingerprint density at radius 1 is 0.902 bits per heavy atom. The van der Waals surface area contributed by atoms with Gasteiger partial charge in [-0.25, -0.2) is 12.8 Å². The third-order valence-electron chi connectivity index (χ3n) is 7.63. The van der Waals surface area contributed by atoms with Gasteiger partial charge in [-0.15, -0.1) is 0 Å². The van der Waals surface area contributed by atoms with Crippen molar-refractivity contribution < 1.29 is 22.4 Å². The number of nitrogens with zero attached hydrogens (tertiary/aromatic N) is 2. The lowest BCUT2D eigenvalue weighted by Gasteiger charge is -2.33. The molecule has 0 radical (unpaired) electrons. The Kier molecular flexibility index (Phi) is 10.2. The summed E-state index contributed by atoms with van der Waals surface area (Å²) in [6, 6.07) is 19.9. The van der Waals surface area contributed by atoms with Crippen molar-refractivity contribution in [1.82, 2.24) is 10.2 Å². The fraction of sp³-hybridized carbons (Fsp3) is 0.375. The first-order valence-corrected chi connectivity index (χ1v) is 15.6. The van der Waals surface area contributed by atoms with Gasteiger partial charge in [0.05, 0.1) is 10.6 Å². The van der Waals surface area contributed by atoms with Gasteiger partial charge in [0.25, 0.3) is 10.0 Å². The molecule has 0 bridgehead atoms. The van der Waals surface area contributed by atoms with Crippen LogP contribution in [0.15, 0.2) is 83.8 Å². The fourth-order valence-electron chi connectivity index (χ4n) is 5.08. The summed E-state index contributed by atoms with van der Waals surface area (Å²) in [4.78, 5) is 28.8. The molecule has 2 amide bonds. The molecule has 1 aliphatic carbocycles. The summed E-state index contributed by atoms with van der Waals surface area (Å²) in [6.45, 7) is 3.16. The van der Waals surface area contributed by atoms with E-state index in [2.05, 4.69) is 5.32 Å². The van der Waals surface area contributed by atoms with E-state index in [1.807, 2.05) is 19.1 Å². The van der Waals surface area contributed by atoms with Crippen molar-refractivity contribution >= 4 is 27.5 Å². The van der Waals surface area contributed by atoms with E-state index >= 15 is 0 Å². The quantitative estimate of drug-likeness (QED) is 0.327. The van der Waals surface area contributed by atoms with Crippen molar-refractivity contribution in [2.24, 2.45) is 0 Å². The van der Waals surface area contributed by atoms with Crippen LogP contribution in [0.5, 0.6) is 0 Å². The summed E-state index contributed by atoms with van der Waals surface area (Å²) >= 11 is 0. The third kappa shape index (κ3) is 7.73. The number of sulfonamides is 1. The van der Waals surface area contributed by atoms with E-state index in [9.17, 15) is 22.4 Å². The Morgan fingerprint density at radius 2 is 1.51 bits per heavy atom. The molecule has 4 rings (SSSR count). The Labute approximate surface area is 242 Å². The number of rotatable bonds is 11. The van der Waals surface area contributed by atoms with Crippen LogP contribution in [0.1, 0.15) is 57.1 Å². The molecule has 3 aromatic carbocycles. The smallest absolute Gasteiger partial charge is 0.264 e. The number of hydrogen-bond donors (Lipinski definition) is 1. The standard InChI is InChI=1S/C32H38FN3O4S/c1-3-25-16-20-29(21-17-25)36(41(39,40)30-12-8-5-9-13-30)23-31(37)35(22-26-14-18-27(33)19-15-26)24(2)32(38)34-28-10-6-4-7-11-28/h5,8-9,12-21,24,28H,3-4,6-7,10-11,22-23H2,1-2H3,(H,34,38)/t24-/m1/s1. The minimum absolute atomic E-state index is 0.0202. The summed E-state index contributed by atoms with van der Waals surface area (Å²) in [7, 11) is -4.11. The van der Waals surface area contributed by atoms with Gasteiger partial charge in [0.15, 0.2) is 0 Å². The molecule has 0 aliphatic heterocycles. The zero-order chi connectivity index (χ0) is 29.4. The van der Waals surface area contributed by atoms with E-state index in [0.717, 1.165) is 48.4 Å².